The van der Waals surface area contributed by atoms with Crippen LogP contribution in [0.2, 0.25) is 5.02 Å². The van der Waals surface area contributed by atoms with Gasteiger partial charge in [0.1, 0.15) is 5.82 Å². The zero-order valence-corrected chi connectivity index (χ0v) is 16.8. The fourth-order valence-electron chi connectivity index (χ4n) is 3.10. The van der Waals surface area contributed by atoms with Crippen molar-refractivity contribution >= 4 is 17.6 Å². The van der Waals surface area contributed by atoms with E-state index in [2.05, 4.69) is 29.5 Å². The highest BCUT2D eigenvalue weighted by Crippen LogP contribution is 2.30. The third-order valence-electron chi connectivity index (χ3n) is 5.00. The topological polar surface area (TPSA) is 54.9 Å². The van der Waals surface area contributed by atoms with Gasteiger partial charge in [0, 0.05) is 63.7 Å². The maximum atomic E-state index is 13.3. The molecule has 7 heteroatoms. The van der Waals surface area contributed by atoms with Crippen molar-refractivity contribution in [1.29, 1.82) is 0 Å². The molecule has 2 rings (SSSR count). The number of hydrogen-bond donors (Lipinski definition) is 2. The SMILES string of the molecule is CN=C(NCC1(OC)CCOCC1)NCC(C)(C)c1ccc(F)cc1Cl. The standard InChI is InChI=1S/C19H29ClFN3O2/c1-18(2,15-6-5-14(21)11-16(15)20)12-23-17(22-3)24-13-19(25-4)7-9-26-10-8-19/h5-6,11H,7-10,12-13H2,1-4H3,(H2,22,23,24). The predicted octanol–water partition coefficient (Wildman–Crippen LogP) is 3.12. The summed E-state index contributed by atoms with van der Waals surface area (Å²) in [5.41, 5.74) is 0.368. The molecule has 0 radical (unpaired) electrons. The van der Waals surface area contributed by atoms with Crippen molar-refractivity contribution in [1.82, 2.24) is 10.6 Å². The number of guanidine groups is 1. The lowest BCUT2D eigenvalue weighted by atomic mass is 9.84. The summed E-state index contributed by atoms with van der Waals surface area (Å²) in [6.07, 6.45) is 1.70. The van der Waals surface area contributed by atoms with Gasteiger partial charge in [-0.15, -0.1) is 0 Å². The minimum Gasteiger partial charge on any atom is -0.381 e. The van der Waals surface area contributed by atoms with Gasteiger partial charge in [0.25, 0.3) is 0 Å². The van der Waals surface area contributed by atoms with Gasteiger partial charge in [-0.25, -0.2) is 4.39 Å². The van der Waals surface area contributed by atoms with E-state index in [0.717, 1.165) is 18.4 Å². The number of hydrogen-bond acceptors (Lipinski definition) is 3. The van der Waals surface area contributed by atoms with E-state index in [1.165, 1.54) is 12.1 Å². The van der Waals surface area contributed by atoms with Crippen LogP contribution in [0.5, 0.6) is 0 Å². The van der Waals surface area contributed by atoms with Crippen molar-refractivity contribution in [3.05, 3.63) is 34.6 Å². The fourth-order valence-corrected chi connectivity index (χ4v) is 3.52. The Balaban J connectivity index is 1.95. The summed E-state index contributed by atoms with van der Waals surface area (Å²) >= 11 is 6.22. The summed E-state index contributed by atoms with van der Waals surface area (Å²) in [7, 11) is 3.47. The average Bonchev–Trinajstić information content (AvgIpc) is 2.62. The smallest absolute Gasteiger partial charge is 0.191 e. The quantitative estimate of drug-likeness (QED) is 0.583. The molecule has 26 heavy (non-hydrogen) atoms. The molecule has 1 aliphatic rings. The van der Waals surface area contributed by atoms with Crippen LogP contribution in [0.1, 0.15) is 32.3 Å². The summed E-state index contributed by atoms with van der Waals surface area (Å²) in [5, 5.41) is 7.11. The molecule has 1 aliphatic heterocycles. The maximum absolute atomic E-state index is 13.3. The lowest BCUT2D eigenvalue weighted by Gasteiger charge is -2.36. The zero-order chi connectivity index (χ0) is 19.2. The van der Waals surface area contributed by atoms with E-state index in [4.69, 9.17) is 21.1 Å². The third kappa shape index (κ3) is 5.32. The Kier molecular flexibility index (Phi) is 7.26. The molecule has 5 nitrogen and oxygen atoms in total. The average molecular weight is 386 g/mol. The van der Waals surface area contributed by atoms with Crippen LogP contribution in [0.3, 0.4) is 0 Å². The van der Waals surface area contributed by atoms with Crippen LogP contribution in [0.4, 0.5) is 4.39 Å². The highest BCUT2D eigenvalue weighted by Gasteiger charge is 2.32. The Hall–Kier alpha value is -1.37. The molecule has 1 aromatic rings. The van der Waals surface area contributed by atoms with Crippen molar-refractivity contribution in [2.45, 2.75) is 37.7 Å². The number of methoxy groups -OCH3 is 1. The second kappa shape index (κ2) is 9.02. The van der Waals surface area contributed by atoms with E-state index in [-0.39, 0.29) is 16.8 Å². The van der Waals surface area contributed by atoms with Crippen LogP contribution in [-0.4, -0.2) is 52.0 Å². The molecule has 1 heterocycles. The van der Waals surface area contributed by atoms with E-state index in [0.29, 0.717) is 37.3 Å². The molecule has 1 saturated heterocycles. The molecule has 0 unspecified atom stereocenters. The number of benzene rings is 1. The molecule has 0 spiro atoms. The lowest BCUT2D eigenvalue weighted by Crippen LogP contribution is -2.52. The zero-order valence-electron chi connectivity index (χ0n) is 16.0. The van der Waals surface area contributed by atoms with E-state index < -0.39 is 0 Å². The molecule has 0 bridgehead atoms. The fraction of sp³-hybridized carbons (Fsp3) is 0.632. The van der Waals surface area contributed by atoms with Crippen molar-refractivity contribution in [3.8, 4) is 0 Å². The van der Waals surface area contributed by atoms with Crippen LogP contribution >= 0.6 is 11.6 Å². The Morgan fingerprint density at radius 2 is 2.04 bits per heavy atom. The Morgan fingerprint density at radius 1 is 1.35 bits per heavy atom. The first-order chi connectivity index (χ1) is 12.3. The third-order valence-corrected chi connectivity index (χ3v) is 5.31. The first kappa shape index (κ1) is 20.9. The minimum absolute atomic E-state index is 0.231. The number of aliphatic imine (C=N–C) groups is 1. The van der Waals surface area contributed by atoms with Gasteiger partial charge in [0.05, 0.1) is 5.60 Å². The summed E-state index contributed by atoms with van der Waals surface area (Å²) in [4.78, 5) is 4.29. The summed E-state index contributed by atoms with van der Waals surface area (Å²) in [6, 6.07) is 4.51. The molecule has 1 fully saturated rings. The molecule has 2 N–H and O–H groups in total. The number of nitrogens with zero attached hydrogens (tertiary/aromatic N) is 1. The van der Waals surface area contributed by atoms with Crippen molar-refractivity contribution in [3.63, 3.8) is 0 Å². The van der Waals surface area contributed by atoms with E-state index in [1.54, 1.807) is 20.2 Å². The van der Waals surface area contributed by atoms with Crippen molar-refractivity contribution in [2.75, 3.05) is 40.5 Å². The van der Waals surface area contributed by atoms with Crippen LogP contribution in [0, 0.1) is 5.82 Å². The minimum atomic E-state index is -0.332. The monoisotopic (exact) mass is 385 g/mol. The molecular formula is C19H29ClFN3O2. The summed E-state index contributed by atoms with van der Waals surface area (Å²) < 4.78 is 24.5. The number of rotatable bonds is 6. The van der Waals surface area contributed by atoms with Gasteiger partial charge in [0.15, 0.2) is 5.96 Å². The maximum Gasteiger partial charge on any atom is 0.191 e. The van der Waals surface area contributed by atoms with Crippen LogP contribution in [0.15, 0.2) is 23.2 Å². The van der Waals surface area contributed by atoms with Crippen LogP contribution in [0.25, 0.3) is 0 Å². The van der Waals surface area contributed by atoms with Gasteiger partial charge < -0.3 is 20.1 Å². The van der Waals surface area contributed by atoms with Gasteiger partial charge in [-0.1, -0.05) is 31.5 Å². The van der Waals surface area contributed by atoms with Gasteiger partial charge >= 0.3 is 0 Å². The van der Waals surface area contributed by atoms with Gasteiger partial charge in [-0.2, -0.15) is 0 Å². The van der Waals surface area contributed by atoms with Crippen LogP contribution in [-0.2, 0) is 14.9 Å². The Bertz CT molecular complexity index is 631. The first-order valence-electron chi connectivity index (χ1n) is 8.85. The lowest BCUT2D eigenvalue weighted by molar-refractivity contribution is -0.0855. The van der Waals surface area contributed by atoms with Gasteiger partial charge in [0.2, 0.25) is 0 Å². The Labute approximate surface area is 160 Å². The number of ether oxygens (including phenoxy) is 2. The van der Waals surface area contributed by atoms with Crippen molar-refractivity contribution in [2.24, 2.45) is 4.99 Å². The molecule has 0 aromatic heterocycles. The molecule has 0 amide bonds. The van der Waals surface area contributed by atoms with Gasteiger partial charge in [-0.05, 0) is 17.7 Å². The highest BCUT2D eigenvalue weighted by atomic mass is 35.5. The molecule has 0 saturated carbocycles. The predicted molar refractivity (Wildman–Crippen MR) is 104 cm³/mol. The van der Waals surface area contributed by atoms with E-state index in [1.807, 2.05) is 0 Å². The molecule has 146 valence electrons. The molecular weight excluding hydrogens is 357 g/mol. The summed E-state index contributed by atoms with van der Waals surface area (Å²) in [6.45, 7) is 6.78. The second-order valence-corrected chi connectivity index (χ2v) is 7.69. The normalized spacial score (nSPS) is 17.8. The van der Waals surface area contributed by atoms with E-state index >= 15 is 0 Å². The first-order valence-corrected chi connectivity index (χ1v) is 9.23. The van der Waals surface area contributed by atoms with E-state index in [9.17, 15) is 4.39 Å². The summed E-state index contributed by atoms with van der Waals surface area (Å²) in [5.74, 6) is 0.362. The van der Waals surface area contributed by atoms with Crippen LogP contribution < -0.4 is 10.6 Å². The van der Waals surface area contributed by atoms with Gasteiger partial charge in [-0.3, -0.25) is 4.99 Å². The largest absolute Gasteiger partial charge is 0.381 e. The van der Waals surface area contributed by atoms with Crippen molar-refractivity contribution < 1.29 is 13.9 Å². The molecule has 0 atom stereocenters. The number of halogens is 2. The Morgan fingerprint density at radius 3 is 2.62 bits per heavy atom. The number of nitrogens with one attached hydrogen (secondary N) is 2. The molecule has 1 aromatic carbocycles. The second-order valence-electron chi connectivity index (χ2n) is 7.29. The highest BCUT2D eigenvalue weighted by molar-refractivity contribution is 6.31. The molecule has 0 aliphatic carbocycles.